The number of hydrogen-bond donors (Lipinski definition) is 2. The number of hydrogen-bond acceptors (Lipinski definition) is 4. The lowest BCUT2D eigenvalue weighted by Crippen LogP contribution is -2.33. The number of carbonyl (C=O) groups is 2. The fraction of sp³-hybridized carbons (Fsp3) is 0.778. The number of carbonyl (C=O) groups excluding carboxylic acids is 2. The first-order valence-electron chi connectivity index (χ1n) is 5.09. The maximum atomic E-state index is 11.1. The molecule has 2 N–H and O–H groups in total. The van der Waals surface area contributed by atoms with Gasteiger partial charge in [-0.05, 0) is 12.8 Å². The van der Waals surface area contributed by atoms with E-state index in [0.717, 1.165) is 0 Å². The van der Waals surface area contributed by atoms with Crippen molar-refractivity contribution in [1.82, 2.24) is 10.6 Å². The number of nitrogens with one attached hydrogen (secondary N) is 2. The molecule has 1 atom stereocenters. The molecule has 0 aromatic carbocycles. The molecule has 0 saturated carbocycles. The van der Waals surface area contributed by atoms with Crippen LogP contribution in [0.4, 0.5) is 4.79 Å². The molecule has 0 aromatic rings. The van der Waals surface area contributed by atoms with Crippen LogP contribution in [-0.2, 0) is 4.79 Å². The van der Waals surface area contributed by atoms with Crippen LogP contribution in [0.1, 0.15) is 33.1 Å². The molecular formula is C9H15N3O4. The molecule has 1 heterocycles. The third-order valence-corrected chi connectivity index (χ3v) is 2.63. The number of amides is 3. The molecule has 0 aliphatic carbocycles. The minimum Gasteiger partial charge on any atom is -0.326 e. The van der Waals surface area contributed by atoms with Crippen LogP contribution in [0.2, 0.25) is 0 Å². The highest BCUT2D eigenvalue weighted by molar-refractivity contribution is 6.04. The molecule has 7 heteroatoms. The van der Waals surface area contributed by atoms with Crippen LogP contribution in [0.15, 0.2) is 0 Å². The lowest BCUT2D eigenvalue weighted by molar-refractivity contribution is -0.561. The first-order chi connectivity index (χ1) is 7.33. The van der Waals surface area contributed by atoms with Crippen LogP contribution in [0.25, 0.3) is 0 Å². The average molecular weight is 229 g/mol. The second-order valence-corrected chi connectivity index (χ2v) is 4.48. The molecule has 3 amide bonds. The first-order valence-corrected chi connectivity index (χ1v) is 5.09. The van der Waals surface area contributed by atoms with Crippen molar-refractivity contribution in [3.05, 3.63) is 10.1 Å². The number of urea groups is 1. The van der Waals surface area contributed by atoms with Crippen molar-refractivity contribution >= 4 is 11.9 Å². The first kappa shape index (κ1) is 12.4. The van der Waals surface area contributed by atoms with E-state index >= 15 is 0 Å². The van der Waals surface area contributed by atoms with Crippen molar-refractivity contribution in [3.8, 4) is 0 Å². The van der Waals surface area contributed by atoms with Crippen molar-refractivity contribution in [1.29, 1.82) is 0 Å². The molecule has 7 nitrogen and oxygen atoms in total. The highest BCUT2D eigenvalue weighted by atomic mass is 16.6. The van der Waals surface area contributed by atoms with Gasteiger partial charge in [-0.2, -0.15) is 0 Å². The molecule has 0 spiro atoms. The summed E-state index contributed by atoms with van der Waals surface area (Å²) in [6.07, 6.45) is 1.32. The molecule has 16 heavy (non-hydrogen) atoms. The largest absolute Gasteiger partial charge is 0.326 e. The molecule has 90 valence electrons. The zero-order valence-electron chi connectivity index (χ0n) is 9.28. The monoisotopic (exact) mass is 229 g/mol. The van der Waals surface area contributed by atoms with E-state index in [1.54, 1.807) is 13.8 Å². The maximum Gasteiger partial charge on any atom is 0.322 e. The Morgan fingerprint density at radius 1 is 1.44 bits per heavy atom. The molecule has 1 fully saturated rings. The Morgan fingerprint density at radius 3 is 2.50 bits per heavy atom. The van der Waals surface area contributed by atoms with E-state index in [-0.39, 0.29) is 10.8 Å². The summed E-state index contributed by atoms with van der Waals surface area (Å²) in [5.41, 5.74) is -0.987. The van der Waals surface area contributed by atoms with Crippen LogP contribution >= 0.6 is 0 Å². The van der Waals surface area contributed by atoms with Gasteiger partial charge in [0.25, 0.3) is 5.91 Å². The van der Waals surface area contributed by atoms with Gasteiger partial charge in [-0.15, -0.1) is 0 Å². The summed E-state index contributed by atoms with van der Waals surface area (Å²) in [4.78, 5) is 32.2. The van der Waals surface area contributed by atoms with Crippen LogP contribution in [0.5, 0.6) is 0 Å². The van der Waals surface area contributed by atoms with Gasteiger partial charge in [-0.1, -0.05) is 0 Å². The Hall–Kier alpha value is -1.66. The van der Waals surface area contributed by atoms with Gasteiger partial charge >= 0.3 is 6.03 Å². The second kappa shape index (κ2) is 4.46. The highest BCUT2D eigenvalue weighted by Gasteiger charge is 2.33. The summed E-state index contributed by atoms with van der Waals surface area (Å²) in [7, 11) is 0. The molecule has 1 aliphatic rings. The minimum atomic E-state index is -0.987. The summed E-state index contributed by atoms with van der Waals surface area (Å²) in [6.45, 7) is 3.08. The fourth-order valence-corrected chi connectivity index (χ4v) is 1.49. The SMILES string of the molecule is CC(C)(CCC[C@@H]1NC(=O)NC1=O)[N+](=O)[O-]. The minimum absolute atomic E-state index is 0.333. The summed E-state index contributed by atoms with van der Waals surface area (Å²) < 4.78 is 0. The summed E-state index contributed by atoms with van der Waals surface area (Å²) in [6, 6.07) is -1.04. The zero-order valence-corrected chi connectivity index (χ0v) is 9.28. The highest BCUT2D eigenvalue weighted by Crippen LogP contribution is 2.18. The molecule has 1 rings (SSSR count). The third-order valence-electron chi connectivity index (χ3n) is 2.63. The Morgan fingerprint density at radius 2 is 2.06 bits per heavy atom. The van der Waals surface area contributed by atoms with Gasteiger partial charge < -0.3 is 5.32 Å². The number of rotatable bonds is 5. The summed E-state index contributed by atoms with van der Waals surface area (Å²) >= 11 is 0. The number of imide groups is 1. The Labute approximate surface area is 92.7 Å². The standard InChI is InChI=1S/C9H15N3O4/c1-9(2,12(15)16)5-3-4-6-7(13)11-8(14)10-6/h6H,3-5H2,1-2H3,(H2,10,11,13,14)/t6-/m0/s1. The number of nitrogens with zero attached hydrogens (tertiary/aromatic N) is 1. The molecule has 0 unspecified atom stereocenters. The summed E-state index contributed by atoms with van der Waals surface area (Å²) in [5.74, 6) is -0.357. The smallest absolute Gasteiger partial charge is 0.322 e. The normalized spacial score (nSPS) is 20.5. The van der Waals surface area contributed by atoms with E-state index in [1.807, 2.05) is 0 Å². The topological polar surface area (TPSA) is 101 Å². The Balaban J connectivity index is 2.34. The third kappa shape index (κ3) is 2.91. The van der Waals surface area contributed by atoms with Crippen molar-refractivity contribution in [2.45, 2.75) is 44.7 Å². The Kier molecular flexibility index (Phi) is 3.46. The van der Waals surface area contributed by atoms with E-state index in [4.69, 9.17) is 0 Å². The van der Waals surface area contributed by atoms with E-state index < -0.39 is 17.6 Å². The molecule has 1 saturated heterocycles. The van der Waals surface area contributed by atoms with Crippen molar-refractivity contribution < 1.29 is 14.5 Å². The van der Waals surface area contributed by atoms with E-state index in [0.29, 0.717) is 19.3 Å². The van der Waals surface area contributed by atoms with Gasteiger partial charge in [0.15, 0.2) is 0 Å². The van der Waals surface area contributed by atoms with Gasteiger partial charge in [0.2, 0.25) is 5.54 Å². The molecule has 1 aliphatic heterocycles. The molecule has 0 aromatic heterocycles. The van der Waals surface area contributed by atoms with Crippen molar-refractivity contribution in [2.75, 3.05) is 0 Å². The lowest BCUT2D eigenvalue weighted by atomic mass is 9.96. The molecule has 0 bridgehead atoms. The van der Waals surface area contributed by atoms with Gasteiger partial charge in [0.05, 0.1) is 0 Å². The van der Waals surface area contributed by atoms with Gasteiger partial charge in [0.1, 0.15) is 6.04 Å². The predicted octanol–water partition coefficient (Wildman–Crippen LogP) is 0.420. The van der Waals surface area contributed by atoms with E-state index in [2.05, 4.69) is 10.6 Å². The Bertz CT molecular complexity index is 327. The van der Waals surface area contributed by atoms with Crippen LogP contribution in [0.3, 0.4) is 0 Å². The lowest BCUT2D eigenvalue weighted by Gasteiger charge is -2.15. The van der Waals surface area contributed by atoms with Crippen LogP contribution < -0.4 is 10.6 Å². The van der Waals surface area contributed by atoms with Gasteiger partial charge in [0, 0.05) is 25.2 Å². The van der Waals surface area contributed by atoms with Gasteiger partial charge in [-0.25, -0.2) is 4.79 Å². The number of nitro groups is 1. The predicted molar refractivity (Wildman–Crippen MR) is 55.4 cm³/mol. The fourth-order valence-electron chi connectivity index (χ4n) is 1.49. The zero-order chi connectivity index (χ0) is 12.3. The molecule has 0 radical (unpaired) electrons. The maximum absolute atomic E-state index is 11.1. The van der Waals surface area contributed by atoms with Crippen molar-refractivity contribution in [2.24, 2.45) is 0 Å². The molecular weight excluding hydrogens is 214 g/mol. The van der Waals surface area contributed by atoms with E-state index in [1.165, 1.54) is 0 Å². The summed E-state index contributed by atoms with van der Waals surface area (Å²) in [5, 5.41) is 15.2. The van der Waals surface area contributed by atoms with Crippen LogP contribution in [-0.4, -0.2) is 28.4 Å². The van der Waals surface area contributed by atoms with Crippen molar-refractivity contribution in [3.63, 3.8) is 0 Å². The van der Waals surface area contributed by atoms with E-state index in [9.17, 15) is 19.7 Å². The average Bonchev–Trinajstić information content (AvgIpc) is 2.44. The quantitative estimate of drug-likeness (QED) is 0.405. The second-order valence-electron chi connectivity index (χ2n) is 4.48. The van der Waals surface area contributed by atoms with Crippen LogP contribution in [0, 0.1) is 10.1 Å². The van der Waals surface area contributed by atoms with Gasteiger partial charge in [-0.3, -0.25) is 20.2 Å².